The first kappa shape index (κ1) is 11.0. The number of nitrogens with zero attached hydrogens (tertiary/aromatic N) is 2. The first-order valence-electron chi connectivity index (χ1n) is 5.00. The molecule has 4 heteroatoms. The molecule has 0 aliphatic heterocycles. The largest absolute Gasteiger partial charge is 0.324 e. The van der Waals surface area contributed by atoms with Gasteiger partial charge in [-0.05, 0) is 18.6 Å². The molecule has 82 valence electrons. The van der Waals surface area contributed by atoms with Gasteiger partial charge in [0.15, 0.2) is 0 Å². The summed E-state index contributed by atoms with van der Waals surface area (Å²) in [5.41, 5.74) is 8.48. The zero-order valence-electron chi connectivity index (χ0n) is 8.89. The number of halogens is 1. The van der Waals surface area contributed by atoms with Gasteiger partial charge >= 0.3 is 0 Å². The lowest BCUT2D eigenvalue weighted by Crippen LogP contribution is -2.05. The molecule has 16 heavy (non-hydrogen) atoms. The summed E-state index contributed by atoms with van der Waals surface area (Å²) >= 11 is 6.15. The lowest BCUT2D eigenvalue weighted by atomic mass is 10.1. The van der Waals surface area contributed by atoms with E-state index in [9.17, 15) is 0 Å². The third kappa shape index (κ3) is 2.21. The molecule has 0 saturated carbocycles. The third-order valence-electron chi connectivity index (χ3n) is 2.35. The minimum atomic E-state index is -0.0663. The van der Waals surface area contributed by atoms with Gasteiger partial charge in [0.25, 0.3) is 0 Å². The summed E-state index contributed by atoms with van der Waals surface area (Å²) in [4.78, 5) is 8.23. The Balaban J connectivity index is 2.43. The van der Waals surface area contributed by atoms with Crippen LogP contribution in [0, 0.1) is 0 Å². The fourth-order valence-electron chi connectivity index (χ4n) is 1.50. The van der Waals surface area contributed by atoms with E-state index in [1.807, 2.05) is 25.1 Å². The molecular weight excluding hydrogens is 222 g/mol. The Labute approximate surface area is 99.3 Å². The van der Waals surface area contributed by atoms with Crippen molar-refractivity contribution in [3.63, 3.8) is 0 Å². The van der Waals surface area contributed by atoms with Crippen LogP contribution in [-0.4, -0.2) is 9.97 Å². The third-order valence-corrected chi connectivity index (χ3v) is 2.68. The Morgan fingerprint density at radius 3 is 2.69 bits per heavy atom. The Morgan fingerprint density at radius 1 is 1.31 bits per heavy atom. The lowest BCUT2D eigenvalue weighted by Gasteiger charge is -2.09. The first-order chi connectivity index (χ1) is 7.68. The van der Waals surface area contributed by atoms with Gasteiger partial charge in [0.2, 0.25) is 0 Å². The van der Waals surface area contributed by atoms with E-state index >= 15 is 0 Å². The molecule has 1 heterocycles. The molecule has 0 bridgehead atoms. The quantitative estimate of drug-likeness (QED) is 0.868. The van der Waals surface area contributed by atoms with E-state index in [1.54, 1.807) is 18.6 Å². The second-order valence-electron chi connectivity index (χ2n) is 3.62. The first-order valence-corrected chi connectivity index (χ1v) is 5.37. The van der Waals surface area contributed by atoms with Crippen molar-refractivity contribution in [1.29, 1.82) is 0 Å². The lowest BCUT2D eigenvalue weighted by molar-refractivity contribution is 0.819. The highest BCUT2D eigenvalue weighted by molar-refractivity contribution is 6.31. The molecule has 0 saturated heterocycles. The predicted octanol–water partition coefficient (Wildman–Crippen LogP) is 2.82. The number of aromatic nitrogens is 2. The Hall–Kier alpha value is -1.45. The minimum absolute atomic E-state index is 0.0663. The molecule has 1 aromatic carbocycles. The topological polar surface area (TPSA) is 51.8 Å². The summed E-state index contributed by atoms with van der Waals surface area (Å²) in [5.74, 6) is 0. The van der Waals surface area contributed by atoms with E-state index in [2.05, 4.69) is 9.97 Å². The minimum Gasteiger partial charge on any atom is -0.324 e. The molecule has 0 fully saturated rings. The van der Waals surface area contributed by atoms with Crippen LogP contribution in [0.15, 0.2) is 36.8 Å². The number of hydrogen-bond donors (Lipinski definition) is 1. The van der Waals surface area contributed by atoms with Crippen LogP contribution in [-0.2, 0) is 0 Å². The number of rotatable bonds is 2. The summed E-state index contributed by atoms with van der Waals surface area (Å²) in [7, 11) is 0. The normalized spacial score (nSPS) is 12.4. The van der Waals surface area contributed by atoms with Crippen LogP contribution in [0.3, 0.4) is 0 Å². The molecule has 1 unspecified atom stereocenters. The molecule has 0 spiro atoms. The van der Waals surface area contributed by atoms with Crippen molar-refractivity contribution in [3.05, 3.63) is 47.4 Å². The molecule has 0 radical (unpaired) electrons. The van der Waals surface area contributed by atoms with Crippen molar-refractivity contribution < 1.29 is 0 Å². The monoisotopic (exact) mass is 233 g/mol. The van der Waals surface area contributed by atoms with Gasteiger partial charge in [-0.3, -0.25) is 9.97 Å². The van der Waals surface area contributed by atoms with Crippen molar-refractivity contribution in [1.82, 2.24) is 9.97 Å². The predicted molar refractivity (Wildman–Crippen MR) is 65.1 cm³/mol. The van der Waals surface area contributed by atoms with E-state index in [0.29, 0.717) is 5.02 Å². The van der Waals surface area contributed by atoms with Crippen LogP contribution >= 0.6 is 11.6 Å². The van der Waals surface area contributed by atoms with Gasteiger partial charge in [-0.2, -0.15) is 0 Å². The maximum Gasteiger partial charge on any atom is 0.0885 e. The Morgan fingerprint density at radius 2 is 2.12 bits per heavy atom. The summed E-state index contributed by atoms with van der Waals surface area (Å²) in [6.07, 6.45) is 5.00. The number of nitrogens with two attached hydrogens (primary N) is 1. The van der Waals surface area contributed by atoms with E-state index in [-0.39, 0.29) is 6.04 Å². The van der Waals surface area contributed by atoms with Gasteiger partial charge < -0.3 is 5.73 Å². The maximum atomic E-state index is 6.15. The van der Waals surface area contributed by atoms with Crippen molar-refractivity contribution in [2.24, 2.45) is 5.73 Å². The fourth-order valence-corrected chi connectivity index (χ4v) is 1.86. The van der Waals surface area contributed by atoms with Gasteiger partial charge in [0, 0.05) is 29.0 Å². The molecular formula is C12H12ClN3. The van der Waals surface area contributed by atoms with Crippen LogP contribution in [0.1, 0.15) is 18.5 Å². The summed E-state index contributed by atoms with van der Waals surface area (Å²) < 4.78 is 0. The molecule has 1 atom stereocenters. The highest BCUT2D eigenvalue weighted by Crippen LogP contribution is 2.26. The van der Waals surface area contributed by atoms with Crippen molar-refractivity contribution in [2.75, 3.05) is 0 Å². The van der Waals surface area contributed by atoms with Gasteiger partial charge in [-0.25, -0.2) is 0 Å². The Bertz CT molecular complexity index is 483. The molecule has 2 rings (SSSR count). The fraction of sp³-hybridized carbons (Fsp3) is 0.167. The molecule has 0 amide bonds. The second kappa shape index (κ2) is 4.60. The summed E-state index contributed by atoms with van der Waals surface area (Å²) in [5, 5.41) is 0.665. The highest BCUT2D eigenvalue weighted by Gasteiger charge is 2.07. The van der Waals surface area contributed by atoms with Gasteiger partial charge in [0.05, 0.1) is 11.9 Å². The molecule has 0 aliphatic carbocycles. The van der Waals surface area contributed by atoms with Crippen molar-refractivity contribution >= 4 is 11.6 Å². The van der Waals surface area contributed by atoms with E-state index < -0.39 is 0 Å². The molecule has 1 aromatic heterocycles. The summed E-state index contributed by atoms with van der Waals surface area (Å²) in [6, 6.07) is 5.68. The molecule has 2 aromatic rings. The van der Waals surface area contributed by atoms with Crippen LogP contribution in [0.4, 0.5) is 0 Å². The van der Waals surface area contributed by atoms with Gasteiger partial charge in [-0.1, -0.05) is 23.7 Å². The molecule has 3 nitrogen and oxygen atoms in total. The SMILES string of the molecule is CC(N)c1ccc(-c2cnccn2)cc1Cl. The van der Waals surface area contributed by atoms with Gasteiger partial charge in [0.1, 0.15) is 0 Å². The van der Waals surface area contributed by atoms with Crippen LogP contribution in [0.25, 0.3) is 11.3 Å². The van der Waals surface area contributed by atoms with Crippen molar-refractivity contribution in [2.45, 2.75) is 13.0 Å². The maximum absolute atomic E-state index is 6.15. The van der Waals surface area contributed by atoms with Gasteiger partial charge in [-0.15, -0.1) is 0 Å². The van der Waals surface area contributed by atoms with E-state index in [0.717, 1.165) is 16.8 Å². The average Bonchev–Trinajstić information content (AvgIpc) is 2.29. The van der Waals surface area contributed by atoms with Crippen molar-refractivity contribution in [3.8, 4) is 11.3 Å². The highest BCUT2D eigenvalue weighted by atomic mass is 35.5. The second-order valence-corrected chi connectivity index (χ2v) is 4.02. The van der Waals surface area contributed by atoms with Crippen LogP contribution < -0.4 is 5.73 Å². The van der Waals surface area contributed by atoms with Crippen LogP contribution in [0.5, 0.6) is 0 Å². The Kier molecular flexibility index (Phi) is 3.17. The van der Waals surface area contributed by atoms with E-state index in [4.69, 9.17) is 17.3 Å². The summed E-state index contributed by atoms with van der Waals surface area (Å²) in [6.45, 7) is 1.91. The zero-order chi connectivity index (χ0) is 11.5. The molecule has 2 N–H and O–H groups in total. The standard InChI is InChI=1S/C12H12ClN3/c1-8(14)10-3-2-9(6-11(10)13)12-7-15-4-5-16-12/h2-8H,14H2,1H3. The van der Waals surface area contributed by atoms with Crippen LogP contribution in [0.2, 0.25) is 5.02 Å². The smallest absolute Gasteiger partial charge is 0.0885 e. The number of hydrogen-bond acceptors (Lipinski definition) is 3. The molecule has 0 aliphatic rings. The average molecular weight is 234 g/mol. The zero-order valence-corrected chi connectivity index (χ0v) is 9.65. The van der Waals surface area contributed by atoms with E-state index in [1.165, 1.54) is 0 Å². The number of benzene rings is 1.